The molecular formula is C22H29N3O3. The molecule has 28 heavy (non-hydrogen) atoms. The Hall–Kier alpha value is -2.37. The van der Waals surface area contributed by atoms with E-state index in [2.05, 4.69) is 19.2 Å². The maximum absolute atomic E-state index is 12.9. The molecule has 0 radical (unpaired) electrons. The Labute approximate surface area is 166 Å². The fourth-order valence-electron chi connectivity index (χ4n) is 5.04. The first kappa shape index (κ1) is 19.0. The van der Waals surface area contributed by atoms with Crippen LogP contribution < -0.4 is 5.32 Å². The van der Waals surface area contributed by atoms with Crippen LogP contribution in [-0.2, 0) is 0 Å². The average molecular weight is 383 g/mol. The molecule has 1 aromatic rings. The van der Waals surface area contributed by atoms with E-state index in [9.17, 15) is 14.4 Å². The van der Waals surface area contributed by atoms with Crippen LogP contribution in [0.3, 0.4) is 0 Å². The second kappa shape index (κ2) is 7.57. The first-order valence-corrected chi connectivity index (χ1v) is 10.5. The summed E-state index contributed by atoms with van der Waals surface area (Å²) < 4.78 is 0. The highest BCUT2D eigenvalue weighted by Crippen LogP contribution is 2.32. The number of piperidine rings is 1. The second-order valence-electron chi connectivity index (χ2n) is 8.81. The molecule has 1 saturated carbocycles. The fourth-order valence-corrected chi connectivity index (χ4v) is 5.04. The average Bonchev–Trinajstić information content (AvgIpc) is 2.92. The maximum Gasteiger partial charge on any atom is 0.321 e. The van der Waals surface area contributed by atoms with Crippen LogP contribution in [0.25, 0.3) is 0 Å². The van der Waals surface area contributed by atoms with Gasteiger partial charge in [0.05, 0.1) is 11.1 Å². The highest BCUT2D eigenvalue weighted by molar-refractivity contribution is 6.22. The number of nitrogens with one attached hydrogen (secondary N) is 1. The van der Waals surface area contributed by atoms with Gasteiger partial charge in [-0.1, -0.05) is 33.1 Å². The normalized spacial score (nSPS) is 25.8. The molecule has 6 heteroatoms. The van der Waals surface area contributed by atoms with E-state index in [4.69, 9.17) is 0 Å². The molecule has 2 fully saturated rings. The molecule has 3 aliphatic rings. The number of amides is 4. The minimum atomic E-state index is -0.219. The van der Waals surface area contributed by atoms with Gasteiger partial charge in [0, 0.05) is 24.8 Å². The third-order valence-corrected chi connectivity index (χ3v) is 6.27. The lowest BCUT2D eigenvalue weighted by Gasteiger charge is -2.34. The van der Waals surface area contributed by atoms with E-state index in [0.717, 1.165) is 45.2 Å². The molecule has 1 aromatic carbocycles. The number of urea groups is 1. The summed E-state index contributed by atoms with van der Waals surface area (Å²) in [5, 5.41) is 2.92. The van der Waals surface area contributed by atoms with Gasteiger partial charge in [-0.05, 0) is 49.3 Å². The minimum Gasteiger partial charge on any atom is -0.324 e. The van der Waals surface area contributed by atoms with Crippen molar-refractivity contribution in [2.75, 3.05) is 18.4 Å². The zero-order chi connectivity index (χ0) is 19.8. The van der Waals surface area contributed by atoms with Gasteiger partial charge >= 0.3 is 6.03 Å². The molecule has 2 heterocycles. The van der Waals surface area contributed by atoms with E-state index >= 15 is 0 Å². The predicted molar refractivity (Wildman–Crippen MR) is 107 cm³/mol. The number of carbonyl (C=O) groups is 3. The highest BCUT2D eigenvalue weighted by Gasteiger charge is 2.40. The summed E-state index contributed by atoms with van der Waals surface area (Å²) >= 11 is 0. The summed E-state index contributed by atoms with van der Waals surface area (Å²) in [5.74, 6) is 0.558. The van der Waals surface area contributed by atoms with Gasteiger partial charge in [0.2, 0.25) is 0 Å². The largest absolute Gasteiger partial charge is 0.324 e. The standard InChI is InChI=1S/C22H29N3O3/c1-14-10-15(2)13-24(12-14)22(28)23-16-8-9-18-19(11-16)21(27)25(20(18)26)17-6-4-3-5-7-17/h8-9,11,14-15,17H,3-7,10,12-13H2,1-2H3,(H,23,28). The van der Waals surface area contributed by atoms with Gasteiger partial charge in [0.15, 0.2) is 0 Å². The van der Waals surface area contributed by atoms with Crippen LogP contribution in [0.4, 0.5) is 10.5 Å². The van der Waals surface area contributed by atoms with E-state index in [1.807, 2.05) is 4.90 Å². The quantitative estimate of drug-likeness (QED) is 0.781. The topological polar surface area (TPSA) is 69.7 Å². The Morgan fingerprint density at radius 1 is 0.964 bits per heavy atom. The summed E-state index contributed by atoms with van der Waals surface area (Å²) in [5.41, 5.74) is 1.43. The number of benzene rings is 1. The van der Waals surface area contributed by atoms with Crippen LogP contribution in [-0.4, -0.2) is 46.8 Å². The SMILES string of the molecule is CC1CC(C)CN(C(=O)Nc2ccc3c(c2)C(=O)N(C2CCCCC2)C3=O)C1. The molecule has 0 spiro atoms. The van der Waals surface area contributed by atoms with Crippen molar-refractivity contribution < 1.29 is 14.4 Å². The summed E-state index contributed by atoms with van der Waals surface area (Å²) in [7, 11) is 0. The van der Waals surface area contributed by atoms with Gasteiger partial charge in [-0.15, -0.1) is 0 Å². The van der Waals surface area contributed by atoms with Crippen LogP contribution in [0.5, 0.6) is 0 Å². The van der Waals surface area contributed by atoms with Gasteiger partial charge in [-0.25, -0.2) is 4.79 Å². The van der Waals surface area contributed by atoms with E-state index in [1.165, 1.54) is 11.3 Å². The van der Waals surface area contributed by atoms with Gasteiger partial charge in [-0.3, -0.25) is 14.5 Å². The molecule has 2 aliphatic heterocycles. The van der Waals surface area contributed by atoms with Gasteiger partial charge in [0.25, 0.3) is 11.8 Å². The number of hydrogen-bond acceptors (Lipinski definition) is 3. The molecule has 6 nitrogen and oxygen atoms in total. The summed E-state index contributed by atoms with van der Waals surface area (Å²) in [6.07, 6.45) is 6.21. The van der Waals surface area contributed by atoms with Gasteiger partial charge in [0.1, 0.15) is 0 Å². The van der Waals surface area contributed by atoms with Crippen LogP contribution >= 0.6 is 0 Å². The number of anilines is 1. The Kier molecular flexibility index (Phi) is 5.13. The first-order valence-electron chi connectivity index (χ1n) is 10.5. The third-order valence-electron chi connectivity index (χ3n) is 6.27. The number of imide groups is 1. The molecule has 0 bridgehead atoms. The molecule has 1 N–H and O–H groups in total. The predicted octanol–water partition coefficient (Wildman–Crippen LogP) is 4.13. The van der Waals surface area contributed by atoms with Gasteiger partial charge in [-0.2, -0.15) is 0 Å². The zero-order valence-corrected chi connectivity index (χ0v) is 16.7. The second-order valence-corrected chi connectivity index (χ2v) is 8.81. The Bertz CT molecular complexity index is 790. The minimum absolute atomic E-state index is 0.00974. The summed E-state index contributed by atoms with van der Waals surface area (Å²) in [6.45, 7) is 5.81. The van der Waals surface area contributed by atoms with Crippen molar-refractivity contribution in [1.82, 2.24) is 9.80 Å². The highest BCUT2D eigenvalue weighted by atomic mass is 16.2. The van der Waals surface area contributed by atoms with E-state index in [-0.39, 0.29) is 23.9 Å². The lowest BCUT2D eigenvalue weighted by Crippen LogP contribution is -2.44. The van der Waals surface area contributed by atoms with Crippen molar-refractivity contribution in [2.24, 2.45) is 11.8 Å². The number of hydrogen-bond donors (Lipinski definition) is 1. The lowest BCUT2D eigenvalue weighted by molar-refractivity contribution is 0.0549. The molecule has 2 unspecified atom stereocenters. The van der Waals surface area contributed by atoms with Crippen molar-refractivity contribution in [3.05, 3.63) is 29.3 Å². The molecule has 1 saturated heterocycles. The van der Waals surface area contributed by atoms with Crippen LogP contribution in [0.2, 0.25) is 0 Å². The molecule has 2 atom stereocenters. The van der Waals surface area contributed by atoms with Crippen molar-refractivity contribution in [2.45, 2.75) is 58.4 Å². The van der Waals surface area contributed by atoms with Gasteiger partial charge < -0.3 is 10.2 Å². The third kappa shape index (κ3) is 3.52. The Balaban J connectivity index is 1.49. The van der Waals surface area contributed by atoms with Crippen molar-refractivity contribution in [3.63, 3.8) is 0 Å². The number of rotatable bonds is 2. The number of nitrogens with zero attached hydrogens (tertiary/aromatic N) is 2. The molecule has 1 aliphatic carbocycles. The Morgan fingerprint density at radius 2 is 1.61 bits per heavy atom. The maximum atomic E-state index is 12.9. The zero-order valence-electron chi connectivity index (χ0n) is 16.7. The van der Waals surface area contributed by atoms with Crippen LogP contribution in [0.1, 0.15) is 73.1 Å². The number of likely N-dealkylation sites (tertiary alicyclic amines) is 1. The fraction of sp³-hybridized carbons (Fsp3) is 0.591. The molecule has 150 valence electrons. The monoisotopic (exact) mass is 383 g/mol. The van der Waals surface area contributed by atoms with Crippen molar-refractivity contribution in [1.29, 1.82) is 0 Å². The van der Waals surface area contributed by atoms with E-state index in [1.54, 1.807) is 18.2 Å². The lowest BCUT2D eigenvalue weighted by atomic mass is 9.92. The van der Waals surface area contributed by atoms with E-state index in [0.29, 0.717) is 28.7 Å². The summed E-state index contributed by atoms with van der Waals surface area (Å²) in [6, 6.07) is 4.93. The summed E-state index contributed by atoms with van der Waals surface area (Å²) in [4.78, 5) is 41.6. The van der Waals surface area contributed by atoms with Crippen LogP contribution in [0.15, 0.2) is 18.2 Å². The first-order chi connectivity index (χ1) is 13.4. The number of fused-ring (bicyclic) bond motifs is 1. The molecule has 4 rings (SSSR count). The number of carbonyl (C=O) groups excluding carboxylic acids is 3. The van der Waals surface area contributed by atoms with Crippen LogP contribution in [0, 0.1) is 11.8 Å². The van der Waals surface area contributed by atoms with E-state index < -0.39 is 0 Å². The molecule has 0 aromatic heterocycles. The molecular weight excluding hydrogens is 354 g/mol. The van der Waals surface area contributed by atoms with Crippen molar-refractivity contribution >= 4 is 23.5 Å². The van der Waals surface area contributed by atoms with Crippen molar-refractivity contribution in [3.8, 4) is 0 Å². The molecule has 4 amide bonds. The smallest absolute Gasteiger partial charge is 0.321 e. The Morgan fingerprint density at radius 3 is 2.29 bits per heavy atom.